The van der Waals surface area contributed by atoms with E-state index in [0.29, 0.717) is 12.3 Å². The van der Waals surface area contributed by atoms with Gasteiger partial charge in [0.2, 0.25) is 0 Å². The molecule has 0 saturated carbocycles. The predicted molar refractivity (Wildman–Crippen MR) is 55.5 cm³/mol. The van der Waals surface area contributed by atoms with Crippen molar-refractivity contribution in [3.8, 4) is 0 Å². The van der Waals surface area contributed by atoms with Gasteiger partial charge in [-0.15, -0.1) is 0 Å². The van der Waals surface area contributed by atoms with E-state index in [1.54, 1.807) is 29.8 Å². The first-order chi connectivity index (χ1) is 7.70. The summed E-state index contributed by atoms with van der Waals surface area (Å²) in [6, 6.07) is 2.91. The Morgan fingerprint density at radius 1 is 1.62 bits per heavy atom. The molecular weight excluding hydrogens is 211 g/mol. The number of rotatable bonds is 3. The van der Waals surface area contributed by atoms with E-state index < -0.39 is 5.82 Å². The van der Waals surface area contributed by atoms with E-state index in [1.807, 2.05) is 0 Å². The van der Waals surface area contributed by atoms with E-state index in [0.717, 1.165) is 0 Å². The fourth-order valence-electron chi connectivity index (χ4n) is 1.47. The average molecular weight is 222 g/mol. The lowest BCUT2D eigenvalue weighted by molar-refractivity contribution is -0.142. The molecule has 0 spiro atoms. The molecule has 0 bridgehead atoms. The number of carbonyl (C=O) groups excluding carboxylic acids is 1. The van der Waals surface area contributed by atoms with E-state index >= 15 is 0 Å². The number of nitrogens with zero attached hydrogens (tertiary/aromatic N) is 2. The second kappa shape index (κ2) is 4.30. The van der Waals surface area contributed by atoms with Crippen LogP contribution in [0.3, 0.4) is 0 Å². The van der Waals surface area contributed by atoms with Crippen LogP contribution in [0.25, 0.3) is 5.65 Å². The zero-order chi connectivity index (χ0) is 11.5. The van der Waals surface area contributed by atoms with E-state index in [1.165, 1.54) is 6.07 Å². The van der Waals surface area contributed by atoms with Crippen LogP contribution in [0, 0.1) is 5.82 Å². The molecule has 0 unspecified atom stereocenters. The van der Waals surface area contributed by atoms with Gasteiger partial charge in [0.05, 0.1) is 18.7 Å². The van der Waals surface area contributed by atoms with Crippen LogP contribution in [0.5, 0.6) is 0 Å². The first kappa shape index (κ1) is 10.6. The monoisotopic (exact) mass is 222 g/mol. The third-order valence-corrected chi connectivity index (χ3v) is 2.12. The smallest absolute Gasteiger partial charge is 0.311 e. The predicted octanol–water partition coefficient (Wildman–Crippen LogP) is 1.58. The number of fused-ring (bicyclic) bond motifs is 1. The fourth-order valence-corrected chi connectivity index (χ4v) is 1.47. The van der Waals surface area contributed by atoms with Crippen molar-refractivity contribution in [1.29, 1.82) is 0 Å². The quantitative estimate of drug-likeness (QED) is 0.740. The fraction of sp³-hybridized carbons (Fsp3) is 0.273. The third-order valence-electron chi connectivity index (χ3n) is 2.12. The second-order valence-corrected chi connectivity index (χ2v) is 3.30. The number of ether oxygens (including phenoxy) is 1. The lowest BCUT2D eigenvalue weighted by Gasteiger charge is -1.97. The number of hydrogen-bond acceptors (Lipinski definition) is 3. The van der Waals surface area contributed by atoms with Gasteiger partial charge >= 0.3 is 5.97 Å². The number of halogens is 1. The van der Waals surface area contributed by atoms with Gasteiger partial charge < -0.3 is 9.14 Å². The van der Waals surface area contributed by atoms with Crippen molar-refractivity contribution in [2.24, 2.45) is 0 Å². The highest BCUT2D eigenvalue weighted by molar-refractivity contribution is 5.72. The zero-order valence-electron chi connectivity index (χ0n) is 8.81. The summed E-state index contributed by atoms with van der Waals surface area (Å²) in [5, 5.41) is 0. The van der Waals surface area contributed by atoms with Crippen molar-refractivity contribution >= 4 is 11.6 Å². The molecule has 16 heavy (non-hydrogen) atoms. The Morgan fingerprint density at radius 2 is 2.44 bits per heavy atom. The molecule has 0 aliphatic rings. The highest BCUT2D eigenvalue weighted by atomic mass is 19.1. The average Bonchev–Trinajstić information content (AvgIpc) is 2.62. The van der Waals surface area contributed by atoms with Crippen LogP contribution in [0.1, 0.15) is 12.6 Å². The molecule has 0 atom stereocenters. The Labute approximate surface area is 91.7 Å². The zero-order valence-corrected chi connectivity index (χ0v) is 8.81. The maximum absolute atomic E-state index is 13.3. The number of esters is 1. The highest BCUT2D eigenvalue weighted by Crippen LogP contribution is 2.10. The topological polar surface area (TPSA) is 43.6 Å². The van der Waals surface area contributed by atoms with Gasteiger partial charge in [-0.3, -0.25) is 4.79 Å². The summed E-state index contributed by atoms with van der Waals surface area (Å²) in [6.07, 6.45) is 3.37. The van der Waals surface area contributed by atoms with Crippen LogP contribution in [0.15, 0.2) is 24.5 Å². The summed E-state index contributed by atoms with van der Waals surface area (Å²) >= 11 is 0. The van der Waals surface area contributed by atoms with Crippen molar-refractivity contribution in [3.63, 3.8) is 0 Å². The molecular formula is C11H11FN2O2. The van der Waals surface area contributed by atoms with Crippen LogP contribution in [-0.2, 0) is 16.0 Å². The number of carbonyl (C=O) groups is 1. The molecule has 2 aromatic rings. The molecule has 0 aliphatic carbocycles. The van der Waals surface area contributed by atoms with Crippen molar-refractivity contribution in [1.82, 2.24) is 9.38 Å². The van der Waals surface area contributed by atoms with Gasteiger partial charge in [0, 0.05) is 12.4 Å². The SMILES string of the molecule is CCOC(=O)Cc1cn2cccc(F)c2n1. The minimum absolute atomic E-state index is 0.0644. The molecule has 5 heteroatoms. The third kappa shape index (κ3) is 2.03. The van der Waals surface area contributed by atoms with Gasteiger partial charge in [0.15, 0.2) is 11.5 Å². The first-order valence-corrected chi connectivity index (χ1v) is 4.98. The van der Waals surface area contributed by atoms with Crippen molar-refractivity contribution in [3.05, 3.63) is 36.0 Å². The summed E-state index contributed by atoms with van der Waals surface area (Å²) < 4.78 is 19.6. The second-order valence-electron chi connectivity index (χ2n) is 3.30. The maximum Gasteiger partial charge on any atom is 0.311 e. The van der Waals surface area contributed by atoms with Crippen LogP contribution in [0.4, 0.5) is 4.39 Å². The van der Waals surface area contributed by atoms with Gasteiger partial charge in [0.1, 0.15) is 0 Å². The van der Waals surface area contributed by atoms with Crippen molar-refractivity contribution < 1.29 is 13.9 Å². The van der Waals surface area contributed by atoms with Crippen molar-refractivity contribution in [2.75, 3.05) is 6.61 Å². The number of aromatic nitrogens is 2. The van der Waals surface area contributed by atoms with Gasteiger partial charge in [-0.25, -0.2) is 9.37 Å². The Balaban J connectivity index is 2.26. The van der Waals surface area contributed by atoms with E-state index in [-0.39, 0.29) is 18.0 Å². The molecule has 0 saturated heterocycles. The number of pyridine rings is 1. The minimum atomic E-state index is -0.405. The molecule has 0 fully saturated rings. The Bertz CT molecular complexity index is 522. The van der Waals surface area contributed by atoms with Gasteiger partial charge in [0.25, 0.3) is 0 Å². The minimum Gasteiger partial charge on any atom is -0.466 e. The number of imidazole rings is 1. The van der Waals surface area contributed by atoms with Crippen LogP contribution >= 0.6 is 0 Å². The molecule has 2 heterocycles. The number of hydrogen-bond donors (Lipinski definition) is 0. The lowest BCUT2D eigenvalue weighted by atomic mass is 10.3. The summed E-state index contributed by atoms with van der Waals surface area (Å²) in [7, 11) is 0. The normalized spacial score (nSPS) is 10.6. The van der Waals surface area contributed by atoms with Gasteiger partial charge in [-0.05, 0) is 19.1 Å². The lowest BCUT2D eigenvalue weighted by Crippen LogP contribution is -2.07. The standard InChI is InChI=1S/C11H11FN2O2/c1-2-16-10(15)6-8-7-14-5-3-4-9(12)11(14)13-8/h3-5,7H,2,6H2,1H3. The highest BCUT2D eigenvalue weighted by Gasteiger charge is 2.10. The van der Waals surface area contributed by atoms with E-state index in [2.05, 4.69) is 4.98 Å². The summed E-state index contributed by atoms with van der Waals surface area (Å²) in [6.45, 7) is 2.07. The van der Waals surface area contributed by atoms with Gasteiger partial charge in [-0.2, -0.15) is 0 Å². The molecule has 0 radical (unpaired) electrons. The summed E-state index contributed by atoms with van der Waals surface area (Å²) in [5.41, 5.74) is 0.727. The van der Waals surface area contributed by atoms with Crippen LogP contribution < -0.4 is 0 Å². The molecule has 0 amide bonds. The van der Waals surface area contributed by atoms with Crippen LogP contribution in [0.2, 0.25) is 0 Å². The molecule has 0 N–H and O–H groups in total. The molecule has 0 aliphatic heterocycles. The van der Waals surface area contributed by atoms with Crippen molar-refractivity contribution in [2.45, 2.75) is 13.3 Å². The molecule has 2 rings (SSSR count). The molecule has 84 valence electrons. The largest absolute Gasteiger partial charge is 0.466 e. The summed E-state index contributed by atoms with van der Waals surface area (Å²) in [4.78, 5) is 15.2. The first-order valence-electron chi connectivity index (χ1n) is 4.98. The Morgan fingerprint density at radius 3 is 3.12 bits per heavy atom. The molecule has 0 aromatic carbocycles. The summed E-state index contributed by atoms with van der Waals surface area (Å²) in [5.74, 6) is -0.760. The van der Waals surface area contributed by atoms with E-state index in [9.17, 15) is 9.18 Å². The Hall–Kier alpha value is -1.91. The Kier molecular flexibility index (Phi) is 2.85. The van der Waals surface area contributed by atoms with E-state index in [4.69, 9.17) is 4.74 Å². The van der Waals surface area contributed by atoms with Crippen LogP contribution in [-0.4, -0.2) is 22.0 Å². The molecule has 2 aromatic heterocycles. The van der Waals surface area contributed by atoms with Gasteiger partial charge in [-0.1, -0.05) is 0 Å². The molecule has 4 nitrogen and oxygen atoms in total. The maximum atomic E-state index is 13.3.